The van der Waals surface area contributed by atoms with E-state index < -0.39 is 6.10 Å². The van der Waals surface area contributed by atoms with Crippen LogP contribution >= 0.6 is 11.3 Å². The Hall–Kier alpha value is -3.15. The molecule has 0 saturated carbocycles. The van der Waals surface area contributed by atoms with Gasteiger partial charge in [0, 0.05) is 59.6 Å². The Morgan fingerprint density at radius 2 is 1.94 bits per heavy atom. The molecule has 6 rings (SSSR count). The monoisotopic (exact) mass is 439 g/mol. The molecular weight excluding hydrogens is 414 g/mol. The van der Waals surface area contributed by atoms with Gasteiger partial charge in [0.05, 0.1) is 11.6 Å². The number of rotatable bonds is 2. The topological polar surface area (TPSA) is 52.2 Å². The summed E-state index contributed by atoms with van der Waals surface area (Å²) in [7, 11) is 0. The maximum absolute atomic E-state index is 10.9. The highest BCUT2D eigenvalue weighted by atomic mass is 32.1. The van der Waals surface area contributed by atoms with Crippen LogP contribution in [-0.4, -0.2) is 33.1 Å². The van der Waals surface area contributed by atoms with Crippen molar-refractivity contribution in [1.29, 1.82) is 0 Å². The number of fused-ring (bicyclic) bond motifs is 3. The first-order valence-corrected chi connectivity index (χ1v) is 12.0. The van der Waals surface area contributed by atoms with Crippen molar-refractivity contribution in [2.24, 2.45) is 0 Å². The van der Waals surface area contributed by atoms with Gasteiger partial charge in [-0.1, -0.05) is 36.4 Å². The maximum Gasteiger partial charge on any atom is 0.0928 e. The first-order valence-electron chi connectivity index (χ1n) is 11.1. The summed E-state index contributed by atoms with van der Waals surface area (Å²) in [5, 5.41) is 14.1. The predicted octanol–water partition coefficient (Wildman–Crippen LogP) is 5.78. The number of likely N-dealkylation sites (tertiary alicyclic amines) is 1. The van der Waals surface area contributed by atoms with Crippen LogP contribution in [0.25, 0.3) is 22.2 Å². The van der Waals surface area contributed by atoms with Crippen molar-refractivity contribution in [3.05, 3.63) is 99.7 Å². The molecule has 32 heavy (non-hydrogen) atoms. The zero-order valence-corrected chi connectivity index (χ0v) is 18.7. The average molecular weight is 440 g/mol. The maximum atomic E-state index is 10.9. The van der Waals surface area contributed by atoms with E-state index in [1.807, 2.05) is 24.7 Å². The molecule has 1 aliphatic carbocycles. The summed E-state index contributed by atoms with van der Waals surface area (Å²) in [5.41, 5.74) is 9.76. The smallest absolute Gasteiger partial charge is 0.0928 e. The molecule has 1 atom stereocenters. The fourth-order valence-electron chi connectivity index (χ4n) is 5.22. The van der Waals surface area contributed by atoms with Gasteiger partial charge in [-0.2, -0.15) is 0 Å². The summed E-state index contributed by atoms with van der Waals surface area (Å²) in [6, 6.07) is 12.8. The van der Waals surface area contributed by atoms with E-state index in [0.717, 1.165) is 53.0 Å². The molecule has 0 radical (unpaired) electrons. The van der Waals surface area contributed by atoms with Crippen molar-refractivity contribution in [3.63, 3.8) is 0 Å². The van der Waals surface area contributed by atoms with E-state index in [0.29, 0.717) is 6.42 Å². The van der Waals surface area contributed by atoms with Crippen LogP contribution in [0.3, 0.4) is 0 Å². The lowest BCUT2D eigenvalue weighted by Crippen LogP contribution is -2.29. The minimum Gasteiger partial charge on any atom is -0.387 e. The van der Waals surface area contributed by atoms with Crippen molar-refractivity contribution in [3.8, 4) is 0 Å². The molecule has 1 saturated heterocycles. The van der Waals surface area contributed by atoms with Gasteiger partial charge in [-0.25, -0.2) is 0 Å². The Bertz CT molecular complexity index is 1350. The third kappa shape index (κ3) is 3.12. The van der Waals surface area contributed by atoms with Crippen molar-refractivity contribution < 1.29 is 5.11 Å². The molecule has 1 aliphatic heterocycles. The first kappa shape index (κ1) is 19.5. The fourth-order valence-corrected chi connectivity index (χ4v) is 6.11. The minimum absolute atomic E-state index is 0.432. The van der Waals surface area contributed by atoms with Gasteiger partial charge in [0.2, 0.25) is 0 Å². The number of hydrogen-bond donors (Lipinski definition) is 2. The number of thiophene rings is 1. The molecule has 1 unspecified atom stereocenters. The lowest BCUT2D eigenvalue weighted by molar-refractivity contribution is 0.182. The van der Waals surface area contributed by atoms with E-state index in [4.69, 9.17) is 0 Å². The van der Waals surface area contributed by atoms with Crippen molar-refractivity contribution in [1.82, 2.24) is 14.9 Å². The number of pyridine rings is 1. The number of aliphatic hydroxyl groups excluding tert-OH is 1. The van der Waals surface area contributed by atoms with Crippen LogP contribution < -0.4 is 0 Å². The van der Waals surface area contributed by atoms with Crippen molar-refractivity contribution >= 4 is 33.5 Å². The number of hydrogen-bond acceptors (Lipinski definition) is 4. The van der Waals surface area contributed by atoms with Gasteiger partial charge in [0.15, 0.2) is 0 Å². The Morgan fingerprint density at radius 1 is 1.09 bits per heavy atom. The number of nitrogens with zero attached hydrogens (tertiary/aromatic N) is 2. The third-order valence-electron chi connectivity index (χ3n) is 6.85. The highest BCUT2D eigenvalue weighted by molar-refractivity contribution is 7.10. The third-order valence-corrected chi connectivity index (χ3v) is 7.86. The second-order valence-corrected chi connectivity index (χ2v) is 9.56. The molecule has 2 aliphatic rings. The summed E-state index contributed by atoms with van der Waals surface area (Å²) in [6.07, 6.45) is 7.98. The summed E-state index contributed by atoms with van der Waals surface area (Å²) in [4.78, 5) is 11.2. The highest BCUT2D eigenvalue weighted by Crippen LogP contribution is 2.43. The number of H-pyrrole nitrogens is 1. The zero-order valence-electron chi connectivity index (χ0n) is 17.8. The van der Waals surface area contributed by atoms with E-state index >= 15 is 0 Å². The van der Waals surface area contributed by atoms with E-state index in [9.17, 15) is 5.11 Å². The molecule has 3 aromatic heterocycles. The lowest BCUT2D eigenvalue weighted by Gasteiger charge is -2.33. The summed E-state index contributed by atoms with van der Waals surface area (Å²) in [5.74, 6) is 0. The number of aromatic amines is 1. The molecule has 2 N–H and O–H groups in total. The van der Waals surface area contributed by atoms with Crippen molar-refractivity contribution in [2.75, 3.05) is 13.1 Å². The molecule has 1 fully saturated rings. The predicted molar refractivity (Wildman–Crippen MR) is 131 cm³/mol. The molecule has 160 valence electrons. The van der Waals surface area contributed by atoms with Crippen LogP contribution in [0.4, 0.5) is 0 Å². The molecule has 5 heteroatoms. The Balaban J connectivity index is 1.35. The standard InChI is InChI=1S/C27H25N3OS/c1-17(23-16-28-15-20-6-10-29-26(20)23)30-11-7-18(8-12-30)25-21-5-3-2-4-19(21)14-24(31)27-22(25)9-13-32-27/h2-6,9-10,13,15-16,24,29,31H,1,7-8,11-12,14H2. The molecule has 1 aromatic carbocycles. The van der Waals surface area contributed by atoms with Gasteiger partial charge in [0.1, 0.15) is 0 Å². The number of benzene rings is 1. The molecular formula is C27H25N3OS. The first-order chi connectivity index (χ1) is 15.7. The van der Waals surface area contributed by atoms with Crippen LogP contribution in [0.2, 0.25) is 0 Å². The Kier molecular flexibility index (Phi) is 4.74. The fraction of sp³-hybridized carbons (Fsp3) is 0.222. The Labute approximate surface area is 191 Å². The summed E-state index contributed by atoms with van der Waals surface area (Å²) < 4.78 is 0. The zero-order chi connectivity index (χ0) is 21.7. The molecule has 0 bridgehead atoms. The summed E-state index contributed by atoms with van der Waals surface area (Å²) >= 11 is 1.67. The van der Waals surface area contributed by atoms with Crippen LogP contribution in [0, 0.1) is 0 Å². The van der Waals surface area contributed by atoms with Gasteiger partial charge < -0.3 is 15.0 Å². The molecule has 0 amide bonds. The normalized spacial score (nSPS) is 18.4. The van der Waals surface area contributed by atoms with Crippen LogP contribution in [0.15, 0.2) is 72.5 Å². The summed E-state index contributed by atoms with van der Waals surface area (Å²) in [6.45, 7) is 6.28. The minimum atomic E-state index is -0.432. The molecule has 4 aromatic rings. The molecule has 4 heterocycles. The molecule has 4 nitrogen and oxygen atoms in total. The van der Waals surface area contributed by atoms with Crippen LogP contribution in [-0.2, 0) is 6.42 Å². The van der Waals surface area contributed by atoms with Crippen LogP contribution in [0.5, 0.6) is 0 Å². The second-order valence-electron chi connectivity index (χ2n) is 8.62. The number of nitrogens with one attached hydrogen (secondary N) is 1. The van der Waals surface area contributed by atoms with Gasteiger partial charge in [0.25, 0.3) is 0 Å². The van der Waals surface area contributed by atoms with E-state index in [1.54, 1.807) is 11.3 Å². The average Bonchev–Trinajstić information content (AvgIpc) is 3.48. The second kappa shape index (κ2) is 7.76. The highest BCUT2D eigenvalue weighted by Gasteiger charge is 2.28. The van der Waals surface area contributed by atoms with Crippen molar-refractivity contribution in [2.45, 2.75) is 25.4 Å². The van der Waals surface area contributed by atoms with E-state index in [1.165, 1.54) is 27.8 Å². The Morgan fingerprint density at radius 3 is 2.81 bits per heavy atom. The van der Waals surface area contributed by atoms with Gasteiger partial charge in [-0.3, -0.25) is 4.98 Å². The largest absolute Gasteiger partial charge is 0.387 e. The number of aromatic nitrogens is 2. The number of aliphatic hydroxyl groups is 1. The van der Waals surface area contributed by atoms with Gasteiger partial charge >= 0.3 is 0 Å². The quantitative estimate of drug-likeness (QED) is 0.416. The van der Waals surface area contributed by atoms with Gasteiger partial charge in [-0.05, 0) is 52.6 Å². The number of piperidine rings is 1. The van der Waals surface area contributed by atoms with E-state index in [2.05, 4.69) is 57.2 Å². The van der Waals surface area contributed by atoms with E-state index in [-0.39, 0.29) is 0 Å². The lowest BCUT2D eigenvalue weighted by atomic mass is 9.87. The molecule has 0 spiro atoms. The van der Waals surface area contributed by atoms with Gasteiger partial charge in [-0.15, -0.1) is 11.3 Å². The SMILES string of the molecule is C=C(c1cncc2cc[nH]c12)N1CCC(=C2c3ccccc3CC(O)c3sccc32)CC1. The van der Waals surface area contributed by atoms with Crippen LogP contribution in [0.1, 0.15) is 46.1 Å².